The zero-order valence-corrected chi connectivity index (χ0v) is 49.9. The maximum atomic E-state index is 14.6. The second-order valence-electron chi connectivity index (χ2n) is 22.3. The number of piperidine rings is 1. The van der Waals surface area contributed by atoms with Crippen LogP contribution in [-0.2, 0) is 71.4 Å². The fraction of sp³-hybridized carbons (Fsp3) is 0.767. The third kappa shape index (κ3) is 20.9. The third-order valence-electron chi connectivity index (χ3n) is 16.2. The van der Waals surface area contributed by atoms with Crippen LogP contribution in [-0.4, -0.2) is 184 Å². The standard InChI is InChI=1S/C60H95NO17S/c1-38-17-13-12-14-18-39(2)50(71-9)35-46-22-20-44(7)60(69,78-46)57(66)58(67)61-24-16-15-19-47(61)59(68)77-51(36-48(62)40(3)32-43(6)55(65)56(73-11)54(64)42(5)31-38)41(4)33-45-21-23-49(52(34-45)72-10)75-27-28-76-53(63)37-79-30-29-74-26-25-70-8/h12-14,17-18,32,38,41-47,49-52,55-56,65,69H,15-16,19-31,33-37H2,1-11H3/t38-,41-,42-,43?,44-,45+,46+,47+,49?,50?,51+,52?,55?,56?,60?/m1/s1. The van der Waals surface area contributed by atoms with Crippen LogP contribution in [0.15, 0.2) is 47.6 Å². The van der Waals surface area contributed by atoms with Gasteiger partial charge in [0.05, 0.1) is 62.7 Å². The lowest BCUT2D eigenvalue weighted by atomic mass is 9.78. The maximum Gasteiger partial charge on any atom is 0.329 e. The van der Waals surface area contributed by atoms with E-state index >= 15 is 0 Å². The van der Waals surface area contributed by atoms with Crippen LogP contribution in [0.5, 0.6) is 0 Å². The van der Waals surface area contributed by atoms with Crippen LogP contribution in [0.1, 0.15) is 126 Å². The van der Waals surface area contributed by atoms with Crippen molar-refractivity contribution in [3.8, 4) is 0 Å². The number of carbonyl (C=O) groups excluding carboxylic acids is 6. The molecule has 3 heterocycles. The van der Waals surface area contributed by atoms with E-state index in [2.05, 4.69) is 0 Å². The van der Waals surface area contributed by atoms with E-state index in [-0.39, 0.29) is 85.9 Å². The molecule has 2 N–H and O–H groups in total. The lowest BCUT2D eigenvalue weighted by Crippen LogP contribution is -2.61. The average Bonchev–Trinajstić information content (AvgIpc) is 3.57. The minimum Gasteiger partial charge on any atom is -0.463 e. The Bertz CT molecular complexity index is 2080. The summed E-state index contributed by atoms with van der Waals surface area (Å²) in [6.45, 7) is 14.6. The number of Topliss-reactive ketones (excluding diaryl/α,β-unsaturated/α-hetero) is 3. The molecule has 2 bridgehead atoms. The molecule has 2 saturated heterocycles. The van der Waals surface area contributed by atoms with E-state index in [1.807, 2.05) is 58.1 Å². The Hall–Kier alpha value is -3.63. The molecule has 3 fully saturated rings. The summed E-state index contributed by atoms with van der Waals surface area (Å²) < 4.78 is 51.9. The highest BCUT2D eigenvalue weighted by Gasteiger charge is 2.53. The molecule has 1 aliphatic carbocycles. The molecule has 15 atom stereocenters. The Kier molecular flexibility index (Phi) is 29.8. The van der Waals surface area contributed by atoms with Gasteiger partial charge in [0, 0.05) is 71.3 Å². The van der Waals surface area contributed by atoms with Crippen molar-refractivity contribution in [2.75, 3.05) is 79.5 Å². The number of rotatable bonds is 18. The van der Waals surface area contributed by atoms with Gasteiger partial charge in [-0.15, -0.1) is 11.8 Å². The van der Waals surface area contributed by atoms with Gasteiger partial charge in [-0.2, -0.15) is 0 Å². The predicted octanol–water partition coefficient (Wildman–Crippen LogP) is 7.14. The number of ketones is 3. The molecule has 19 heteroatoms. The molecular formula is C60H95NO17S. The fourth-order valence-corrected chi connectivity index (χ4v) is 11.9. The van der Waals surface area contributed by atoms with Crippen LogP contribution in [0.4, 0.5) is 0 Å². The summed E-state index contributed by atoms with van der Waals surface area (Å²) >= 11 is 1.43. The number of aliphatic hydroxyl groups is 2. The maximum absolute atomic E-state index is 14.6. The molecule has 0 aromatic heterocycles. The van der Waals surface area contributed by atoms with Crippen molar-refractivity contribution in [2.45, 2.75) is 180 Å². The van der Waals surface area contributed by atoms with Gasteiger partial charge in [0.1, 0.15) is 24.9 Å². The lowest BCUT2D eigenvalue weighted by molar-refractivity contribution is -0.265. The van der Waals surface area contributed by atoms with Gasteiger partial charge < -0.3 is 57.7 Å². The Balaban J connectivity index is 1.58. The Morgan fingerprint density at radius 2 is 1.61 bits per heavy atom. The first-order valence-corrected chi connectivity index (χ1v) is 29.8. The molecule has 1 amide bonds. The second kappa shape index (κ2) is 34.7. The van der Waals surface area contributed by atoms with Crippen molar-refractivity contribution in [3.63, 3.8) is 0 Å². The average molecular weight is 1130 g/mol. The van der Waals surface area contributed by atoms with E-state index in [4.69, 9.17) is 42.6 Å². The first kappa shape index (κ1) is 67.9. The van der Waals surface area contributed by atoms with Gasteiger partial charge in [0.25, 0.3) is 11.7 Å². The van der Waals surface area contributed by atoms with Crippen molar-refractivity contribution in [1.82, 2.24) is 4.90 Å². The highest BCUT2D eigenvalue weighted by atomic mass is 32.2. The SMILES string of the molecule is COCCOCCSCC(=O)OCCOC1CC[C@@H](C[C@@H](C)[C@@H]2CC(=O)C(C)=CC(C)C(O)C(OC)C(=O)[C@H](C)C[C@H](C)C=CC=CC=C(C)C(OC)C[C@@H]3CC[C@@H](C)C(O)(O3)C(=O)C(=O)N3CCCC[C@H]3C(=O)O2)CC1OC. The number of hydrogen-bond acceptors (Lipinski definition) is 18. The molecule has 448 valence electrons. The van der Waals surface area contributed by atoms with Crippen molar-refractivity contribution < 1.29 is 81.6 Å². The molecule has 7 unspecified atom stereocenters. The number of fused-ring (bicyclic) bond motifs is 3. The molecule has 3 aliphatic heterocycles. The smallest absolute Gasteiger partial charge is 0.329 e. The number of esters is 2. The minimum atomic E-state index is -2.45. The summed E-state index contributed by atoms with van der Waals surface area (Å²) in [5, 5.41) is 23.6. The quantitative estimate of drug-likeness (QED) is 0.0789. The molecule has 18 nitrogen and oxygen atoms in total. The summed E-state index contributed by atoms with van der Waals surface area (Å²) in [4.78, 5) is 85.0. The monoisotopic (exact) mass is 1130 g/mol. The Labute approximate surface area is 474 Å². The van der Waals surface area contributed by atoms with Crippen LogP contribution < -0.4 is 0 Å². The third-order valence-corrected chi connectivity index (χ3v) is 17.1. The van der Waals surface area contributed by atoms with Crippen LogP contribution in [0.3, 0.4) is 0 Å². The summed E-state index contributed by atoms with van der Waals surface area (Å²) in [6.07, 6.45) is 11.5. The van der Waals surface area contributed by atoms with Crippen molar-refractivity contribution in [2.24, 2.45) is 35.5 Å². The second-order valence-corrected chi connectivity index (χ2v) is 23.4. The van der Waals surface area contributed by atoms with E-state index < -0.39 is 77.8 Å². The molecule has 4 aliphatic rings. The van der Waals surface area contributed by atoms with E-state index in [0.717, 1.165) is 12.0 Å². The number of methoxy groups -OCH3 is 4. The summed E-state index contributed by atoms with van der Waals surface area (Å²) in [7, 11) is 6.19. The zero-order chi connectivity index (χ0) is 58.2. The number of allylic oxidation sites excluding steroid dienone is 6. The van der Waals surface area contributed by atoms with Gasteiger partial charge in [-0.25, -0.2) is 4.79 Å². The fourth-order valence-electron chi connectivity index (χ4n) is 11.2. The van der Waals surface area contributed by atoms with E-state index in [0.29, 0.717) is 88.9 Å². The first-order valence-electron chi connectivity index (χ1n) is 28.6. The normalized spacial score (nSPS) is 33.2. The summed E-state index contributed by atoms with van der Waals surface area (Å²) in [6, 6.07) is -1.17. The highest BCUT2D eigenvalue weighted by Crippen LogP contribution is 2.38. The van der Waals surface area contributed by atoms with Crippen LogP contribution in [0.2, 0.25) is 0 Å². The van der Waals surface area contributed by atoms with Crippen molar-refractivity contribution in [1.29, 1.82) is 0 Å². The van der Waals surface area contributed by atoms with Gasteiger partial charge in [0.15, 0.2) is 11.6 Å². The highest BCUT2D eigenvalue weighted by molar-refractivity contribution is 7.99. The Morgan fingerprint density at radius 1 is 0.848 bits per heavy atom. The minimum absolute atomic E-state index is 0.00557. The number of nitrogens with zero attached hydrogens (tertiary/aromatic N) is 1. The lowest BCUT2D eigenvalue weighted by Gasteiger charge is -2.42. The summed E-state index contributed by atoms with van der Waals surface area (Å²) in [5.41, 5.74) is 1.17. The molecule has 0 radical (unpaired) electrons. The van der Waals surface area contributed by atoms with Crippen LogP contribution >= 0.6 is 11.8 Å². The number of thioether (sulfide) groups is 1. The molecular weight excluding hydrogens is 1040 g/mol. The van der Waals surface area contributed by atoms with Gasteiger partial charge in [-0.05, 0) is 107 Å². The number of aliphatic hydroxyl groups excluding tert-OH is 1. The molecule has 0 aromatic rings. The van der Waals surface area contributed by atoms with Crippen LogP contribution in [0.25, 0.3) is 0 Å². The molecule has 4 rings (SSSR count). The van der Waals surface area contributed by atoms with Crippen molar-refractivity contribution >= 4 is 47.0 Å². The Morgan fingerprint density at radius 3 is 2.32 bits per heavy atom. The topological polar surface area (TPSA) is 229 Å². The van der Waals surface area contributed by atoms with Gasteiger partial charge in [-0.1, -0.05) is 71.1 Å². The summed E-state index contributed by atoms with van der Waals surface area (Å²) in [5.74, 6) is -7.65. The van der Waals surface area contributed by atoms with Crippen LogP contribution in [0, 0.1) is 35.5 Å². The van der Waals surface area contributed by atoms with E-state index in [1.54, 1.807) is 48.2 Å². The molecule has 1 saturated carbocycles. The van der Waals surface area contributed by atoms with Gasteiger partial charge >= 0.3 is 11.9 Å². The number of carbonyl (C=O) groups is 6. The number of hydrogen-bond donors (Lipinski definition) is 2. The molecule has 0 aromatic carbocycles. The van der Waals surface area contributed by atoms with Gasteiger partial charge in [0.2, 0.25) is 5.79 Å². The van der Waals surface area contributed by atoms with E-state index in [9.17, 15) is 39.0 Å². The predicted molar refractivity (Wildman–Crippen MR) is 300 cm³/mol. The zero-order valence-electron chi connectivity index (χ0n) is 49.1. The number of ether oxygens (including phenoxy) is 9. The number of amides is 1. The number of cyclic esters (lactones) is 1. The van der Waals surface area contributed by atoms with Gasteiger partial charge in [-0.3, -0.25) is 24.0 Å². The molecule has 79 heavy (non-hydrogen) atoms. The first-order chi connectivity index (χ1) is 37.7. The van der Waals surface area contributed by atoms with E-state index in [1.165, 1.54) is 23.8 Å². The van der Waals surface area contributed by atoms with Crippen molar-refractivity contribution in [3.05, 3.63) is 47.6 Å². The molecule has 0 spiro atoms. The largest absolute Gasteiger partial charge is 0.463 e.